The molecule has 0 N–H and O–H groups in total. The molecule has 162 valence electrons. The first-order valence-electron chi connectivity index (χ1n) is 9.72. The first kappa shape index (κ1) is 21.1. The summed E-state index contributed by atoms with van der Waals surface area (Å²) in [5.74, 6) is 2.11. The summed E-state index contributed by atoms with van der Waals surface area (Å²) in [5.41, 5.74) is 0. The zero-order valence-electron chi connectivity index (χ0n) is 16.7. The predicted octanol–water partition coefficient (Wildman–Crippen LogP) is 1.49. The highest BCUT2D eigenvalue weighted by Gasteiger charge is 2.29. The summed E-state index contributed by atoms with van der Waals surface area (Å²) < 4.78 is 38.0. The predicted molar refractivity (Wildman–Crippen MR) is 114 cm³/mol. The molecule has 0 radical (unpaired) electrons. The number of anilines is 2. The van der Waals surface area contributed by atoms with Gasteiger partial charge in [0.15, 0.2) is 0 Å². The van der Waals surface area contributed by atoms with Gasteiger partial charge in [0, 0.05) is 45.3 Å². The lowest BCUT2D eigenvalue weighted by Gasteiger charge is -2.35. The minimum Gasteiger partial charge on any atom is -0.495 e. The standard InChI is InChI=1S/C19H24ClN5O4S/c1-28-17-3-2-15(12-16(17)20)30(26,27)25-6-4-23(5-7-25)18-13-19(22-14-21-18)24-8-10-29-11-9-24/h2-3,12-14H,4-11H2,1H3. The second kappa shape index (κ2) is 8.93. The van der Waals surface area contributed by atoms with Gasteiger partial charge in [-0.05, 0) is 18.2 Å². The second-order valence-corrected chi connectivity index (χ2v) is 9.37. The largest absolute Gasteiger partial charge is 0.495 e. The molecule has 0 bridgehead atoms. The number of ether oxygens (including phenoxy) is 2. The summed E-state index contributed by atoms with van der Waals surface area (Å²) >= 11 is 6.11. The van der Waals surface area contributed by atoms with Gasteiger partial charge in [0.25, 0.3) is 0 Å². The van der Waals surface area contributed by atoms with Gasteiger partial charge in [0.1, 0.15) is 23.7 Å². The second-order valence-electron chi connectivity index (χ2n) is 7.02. The molecule has 3 heterocycles. The quantitative estimate of drug-likeness (QED) is 0.672. The van der Waals surface area contributed by atoms with Crippen molar-refractivity contribution in [2.75, 3.05) is 69.4 Å². The lowest BCUT2D eigenvalue weighted by atomic mass is 10.3. The number of morpholine rings is 1. The maximum Gasteiger partial charge on any atom is 0.243 e. The third-order valence-electron chi connectivity index (χ3n) is 5.30. The van der Waals surface area contributed by atoms with Crippen LogP contribution >= 0.6 is 11.6 Å². The number of nitrogens with zero attached hydrogens (tertiary/aromatic N) is 5. The Balaban J connectivity index is 1.44. The van der Waals surface area contributed by atoms with E-state index in [0.717, 1.165) is 24.7 Å². The van der Waals surface area contributed by atoms with Crippen LogP contribution in [0.25, 0.3) is 0 Å². The number of piperazine rings is 1. The van der Waals surface area contributed by atoms with Crippen molar-refractivity contribution in [1.29, 1.82) is 0 Å². The average molecular weight is 454 g/mol. The molecule has 1 aromatic carbocycles. The summed E-state index contributed by atoms with van der Waals surface area (Å²) in [6.45, 7) is 4.79. The van der Waals surface area contributed by atoms with Crippen LogP contribution in [0.15, 0.2) is 35.5 Å². The lowest BCUT2D eigenvalue weighted by molar-refractivity contribution is 0.122. The number of aromatic nitrogens is 2. The van der Waals surface area contributed by atoms with E-state index in [-0.39, 0.29) is 9.92 Å². The fourth-order valence-electron chi connectivity index (χ4n) is 3.59. The van der Waals surface area contributed by atoms with Gasteiger partial charge in [-0.3, -0.25) is 0 Å². The molecule has 9 nitrogen and oxygen atoms in total. The van der Waals surface area contributed by atoms with Crippen LogP contribution in [-0.2, 0) is 14.8 Å². The van der Waals surface area contributed by atoms with Crippen LogP contribution in [0.1, 0.15) is 0 Å². The Bertz CT molecular complexity index is 992. The Kier molecular flexibility index (Phi) is 6.28. The van der Waals surface area contributed by atoms with Crippen molar-refractivity contribution >= 4 is 33.3 Å². The molecule has 2 aliphatic rings. The number of halogens is 1. The molecule has 0 spiro atoms. The number of hydrogen-bond donors (Lipinski definition) is 0. The van der Waals surface area contributed by atoms with E-state index >= 15 is 0 Å². The van der Waals surface area contributed by atoms with Gasteiger partial charge in [-0.15, -0.1) is 0 Å². The molecule has 0 aliphatic carbocycles. The van der Waals surface area contributed by atoms with E-state index in [0.29, 0.717) is 45.1 Å². The van der Waals surface area contributed by atoms with Crippen LogP contribution in [-0.4, -0.2) is 82.3 Å². The van der Waals surface area contributed by atoms with Gasteiger partial charge < -0.3 is 19.3 Å². The number of benzene rings is 1. The SMILES string of the molecule is COc1ccc(S(=O)(=O)N2CCN(c3cc(N4CCOCC4)ncn3)CC2)cc1Cl. The smallest absolute Gasteiger partial charge is 0.243 e. The normalized spacial score (nSPS) is 18.5. The number of sulfonamides is 1. The number of rotatable bonds is 5. The van der Waals surface area contributed by atoms with Gasteiger partial charge in [-0.25, -0.2) is 18.4 Å². The van der Waals surface area contributed by atoms with Crippen molar-refractivity contribution in [1.82, 2.24) is 14.3 Å². The molecule has 0 atom stereocenters. The summed E-state index contributed by atoms with van der Waals surface area (Å²) in [6.07, 6.45) is 1.56. The van der Waals surface area contributed by atoms with Crippen molar-refractivity contribution in [2.24, 2.45) is 0 Å². The molecule has 2 fully saturated rings. The Labute approximate surface area is 181 Å². The third kappa shape index (κ3) is 4.31. The van der Waals surface area contributed by atoms with Crippen LogP contribution in [0.4, 0.5) is 11.6 Å². The molecule has 11 heteroatoms. The first-order chi connectivity index (χ1) is 14.5. The van der Waals surface area contributed by atoms with Crippen molar-refractivity contribution in [3.63, 3.8) is 0 Å². The fraction of sp³-hybridized carbons (Fsp3) is 0.474. The van der Waals surface area contributed by atoms with E-state index in [9.17, 15) is 8.42 Å². The van der Waals surface area contributed by atoms with Crippen LogP contribution in [0, 0.1) is 0 Å². The zero-order chi connectivity index (χ0) is 21.1. The van der Waals surface area contributed by atoms with Crippen molar-refractivity contribution < 1.29 is 17.9 Å². The van der Waals surface area contributed by atoms with E-state index in [1.807, 2.05) is 6.07 Å². The highest BCUT2D eigenvalue weighted by molar-refractivity contribution is 7.89. The fourth-order valence-corrected chi connectivity index (χ4v) is 5.36. The average Bonchev–Trinajstić information content (AvgIpc) is 2.80. The summed E-state index contributed by atoms with van der Waals surface area (Å²) in [4.78, 5) is 13.2. The number of hydrogen-bond acceptors (Lipinski definition) is 8. The van der Waals surface area contributed by atoms with Crippen molar-refractivity contribution in [2.45, 2.75) is 4.90 Å². The van der Waals surface area contributed by atoms with E-state index < -0.39 is 10.0 Å². The van der Waals surface area contributed by atoms with Crippen LogP contribution < -0.4 is 14.5 Å². The van der Waals surface area contributed by atoms with Crippen molar-refractivity contribution in [3.8, 4) is 5.75 Å². The summed E-state index contributed by atoms with van der Waals surface area (Å²) in [7, 11) is -2.14. The number of methoxy groups -OCH3 is 1. The monoisotopic (exact) mass is 453 g/mol. The van der Waals surface area contributed by atoms with Gasteiger partial charge in [-0.2, -0.15) is 4.31 Å². The van der Waals surface area contributed by atoms with Crippen LogP contribution in [0.2, 0.25) is 5.02 Å². The van der Waals surface area contributed by atoms with E-state index in [2.05, 4.69) is 19.8 Å². The van der Waals surface area contributed by atoms with Gasteiger partial charge in [0.2, 0.25) is 10.0 Å². The molecule has 1 aromatic heterocycles. The Hall–Kier alpha value is -2.14. The molecule has 4 rings (SSSR count). The highest BCUT2D eigenvalue weighted by Crippen LogP contribution is 2.29. The molecule has 0 saturated carbocycles. The Morgan fingerprint density at radius 1 is 0.967 bits per heavy atom. The van der Waals surface area contributed by atoms with Gasteiger partial charge >= 0.3 is 0 Å². The molecule has 30 heavy (non-hydrogen) atoms. The van der Waals surface area contributed by atoms with Gasteiger partial charge in [-0.1, -0.05) is 11.6 Å². The highest BCUT2D eigenvalue weighted by atomic mass is 35.5. The molecule has 0 unspecified atom stereocenters. The first-order valence-corrected chi connectivity index (χ1v) is 11.5. The van der Waals surface area contributed by atoms with E-state index in [4.69, 9.17) is 21.1 Å². The summed E-state index contributed by atoms with van der Waals surface area (Å²) in [5, 5.41) is 0.272. The zero-order valence-corrected chi connectivity index (χ0v) is 18.3. The van der Waals surface area contributed by atoms with E-state index in [1.54, 1.807) is 12.4 Å². The topological polar surface area (TPSA) is 88.1 Å². The van der Waals surface area contributed by atoms with Crippen LogP contribution in [0.3, 0.4) is 0 Å². The molecule has 2 aliphatic heterocycles. The van der Waals surface area contributed by atoms with E-state index in [1.165, 1.54) is 23.5 Å². The maximum absolute atomic E-state index is 13.0. The minimum absolute atomic E-state index is 0.165. The van der Waals surface area contributed by atoms with Crippen molar-refractivity contribution in [3.05, 3.63) is 35.6 Å². The Morgan fingerprint density at radius 3 is 2.20 bits per heavy atom. The Morgan fingerprint density at radius 2 is 1.60 bits per heavy atom. The maximum atomic E-state index is 13.0. The van der Waals surface area contributed by atoms with Crippen LogP contribution in [0.5, 0.6) is 5.75 Å². The molecule has 0 amide bonds. The molecular formula is C19H24ClN5O4S. The summed E-state index contributed by atoms with van der Waals surface area (Å²) in [6, 6.07) is 6.48. The molecule has 2 saturated heterocycles. The molecule has 2 aromatic rings. The van der Waals surface area contributed by atoms with Gasteiger partial charge in [0.05, 0.1) is 30.2 Å². The molecular weight excluding hydrogens is 430 g/mol. The lowest BCUT2D eigenvalue weighted by Crippen LogP contribution is -2.49. The third-order valence-corrected chi connectivity index (χ3v) is 7.49. The minimum atomic E-state index is -3.63.